The Labute approximate surface area is 142 Å². The number of halogens is 1. The van der Waals surface area contributed by atoms with Gasteiger partial charge in [0, 0.05) is 43.3 Å². The highest BCUT2D eigenvalue weighted by Gasteiger charge is 2.16. The molecule has 0 amide bonds. The Morgan fingerprint density at radius 1 is 1.26 bits per heavy atom. The monoisotopic (exact) mass is 368 g/mol. The smallest absolute Gasteiger partial charge is 0.250 e. The van der Waals surface area contributed by atoms with Gasteiger partial charge in [-0.1, -0.05) is 11.6 Å². The topological polar surface area (TPSA) is 76.9 Å². The first-order valence-corrected chi connectivity index (χ1v) is 9.30. The molecule has 0 saturated heterocycles. The van der Waals surface area contributed by atoms with Crippen molar-refractivity contribution in [3.05, 3.63) is 52.9 Å². The van der Waals surface area contributed by atoms with Crippen LogP contribution in [0.3, 0.4) is 0 Å². The molecule has 3 heterocycles. The fraction of sp³-hybridized carbons (Fsp3) is 0.143. The van der Waals surface area contributed by atoms with E-state index in [4.69, 9.17) is 11.6 Å². The summed E-state index contributed by atoms with van der Waals surface area (Å²) in [5.41, 5.74) is 2.57. The second-order valence-corrected chi connectivity index (χ2v) is 8.58. The fourth-order valence-corrected chi connectivity index (χ4v) is 4.55. The standard InChI is InChI=1S/C14H13ClN4O2S2/c1-19-9-12(8-17-19)11-4-10(5-16-7-11)6-18-23(20,21)14-3-2-13(15)22-14/h2-5,7-9,18H,6H2,1H3. The van der Waals surface area contributed by atoms with Gasteiger partial charge in [-0.15, -0.1) is 11.3 Å². The van der Waals surface area contributed by atoms with Gasteiger partial charge in [0.1, 0.15) is 4.21 Å². The van der Waals surface area contributed by atoms with Gasteiger partial charge in [-0.3, -0.25) is 9.67 Å². The van der Waals surface area contributed by atoms with Crippen LogP contribution in [0.4, 0.5) is 0 Å². The molecular formula is C14H13ClN4O2S2. The lowest BCUT2D eigenvalue weighted by atomic mass is 10.1. The lowest BCUT2D eigenvalue weighted by molar-refractivity contribution is 0.583. The maximum absolute atomic E-state index is 12.2. The number of aromatic nitrogens is 3. The number of nitrogens with zero attached hydrogens (tertiary/aromatic N) is 3. The summed E-state index contributed by atoms with van der Waals surface area (Å²) in [4.78, 5) is 4.16. The average molecular weight is 369 g/mol. The largest absolute Gasteiger partial charge is 0.275 e. The number of sulfonamides is 1. The third-order valence-corrected chi connectivity index (χ3v) is 6.24. The predicted molar refractivity (Wildman–Crippen MR) is 89.8 cm³/mol. The van der Waals surface area contributed by atoms with Crippen LogP contribution in [0.2, 0.25) is 4.34 Å². The summed E-state index contributed by atoms with van der Waals surface area (Å²) in [6.45, 7) is 0.152. The van der Waals surface area contributed by atoms with E-state index in [0.717, 1.165) is 28.0 Å². The average Bonchev–Trinajstić information content (AvgIpc) is 3.15. The number of pyridine rings is 1. The number of thiophene rings is 1. The molecule has 0 aliphatic rings. The molecule has 23 heavy (non-hydrogen) atoms. The van der Waals surface area contributed by atoms with Gasteiger partial charge in [0.15, 0.2) is 0 Å². The molecule has 0 bridgehead atoms. The van der Waals surface area contributed by atoms with Crippen molar-refractivity contribution in [1.82, 2.24) is 19.5 Å². The van der Waals surface area contributed by atoms with Crippen molar-refractivity contribution in [1.29, 1.82) is 0 Å². The van der Waals surface area contributed by atoms with Crippen LogP contribution in [0, 0.1) is 0 Å². The van der Waals surface area contributed by atoms with Crippen LogP contribution in [-0.2, 0) is 23.6 Å². The van der Waals surface area contributed by atoms with Crippen molar-refractivity contribution in [3.8, 4) is 11.1 Å². The van der Waals surface area contributed by atoms with Crippen LogP contribution >= 0.6 is 22.9 Å². The zero-order chi connectivity index (χ0) is 16.4. The molecule has 6 nitrogen and oxygen atoms in total. The summed E-state index contributed by atoms with van der Waals surface area (Å²) < 4.78 is 29.2. The minimum absolute atomic E-state index is 0.152. The Bertz CT molecular complexity index is 934. The minimum Gasteiger partial charge on any atom is -0.275 e. The Balaban J connectivity index is 1.76. The molecule has 0 aliphatic heterocycles. The van der Waals surface area contributed by atoms with E-state index in [9.17, 15) is 8.42 Å². The molecule has 0 spiro atoms. The Morgan fingerprint density at radius 2 is 2.09 bits per heavy atom. The summed E-state index contributed by atoms with van der Waals surface area (Å²) in [5.74, 6) is 0. The van der Waals surface area contributed by atoms with Gasteiger partial charge in [-0.2, -0.15) is 5.10 Å². The van der Waals surface area contributed by atoms with Crippen molar-refractivity contribution in [2.75, 3.05) is 0 Å². The SMILES string of the molecule is Cn1cc(-c2cncc(CNS(=O)(=O)c3ccc(Cl)s3)c2)cn1. The molecule has 1 N–H and O–H groups in total. The van der Waals surface area contributed by atoms with Crippen LogP contribution < -0.4 is 4.72 Å². The molecule has 0 radical (unpaired) electrons. The molecule has 0 fully saturated rings. The zero-order valence-corrected chi connectivity index (χ0v) is 14.5. The van der Waals surface area contributed by atoms with Gasteiger partial charge in [0.2, 0.25) is 10.0 Å². The number of hydrogen-bond acceptors (Lipinski definition) is 5. The van der Waals surface area contributed by atoms with Gasteiger partial charge < -0.3 is 0 Å². The number of nitrogens with one attached hydrogen (secondary N) is 1. The van der Waals surface area contributed by atoms with E-state index < -0.39 is 10.0 Å². The molecular weight excluding hydrogens is 356 g/mol. The summed E-state index contributed by atoms with van der Waals surface area (Å²) in [6, 6.07) is 4.93. The summed E-state index contributed by atoms with van der Waals surface area (Å²) in [5, 5.41) is 4.12. The fourth-order valence-electron chi connectivity index (χ4n) is 2.00. The van der Waals surface area contributed by atoms with E-state index in [0.29, 0.717) is 4.34 Å². The Kier molecular flexibility index (Phi) is 4.49. The van der Waals surface area contributed by atoms with Gasteiger partial charge in [0.05, 0.1) is 10.5 Å². The van der Waals surface area contributed by atoms with E-state index in [1.165, 1.54) is 6.07 Å². The van der Waals surface area contributed by atoms with Crippen molar-refractivity contribution in [2.24, 2.45) is 7.05 Å². The third-order valence-electron chi connectivity index (χ3n) is 3.11. The van der Waals surface area contributed by atoms with Crippen molar-refractivity contribution >= 4 is 33.0 Å². The predicted octanol–water partition coefficient (Wildman–Crippen LogP) is 2.68. The van der Waals surface area contributed by atoms with Crippen molar-refractivity contribution in [3.63, 3.8) is 0 Å². The molecule has 0 saturated carbocycles. The van der Waals surface area contributed by atoms with Gasteiger partial charge in [-0.25, -0.2) is 13.1 Å². The minimum atomic E-state index is -3.57. The lowest BCUT2D eigenvalue weighted by Crippen LogP contribution is -2.22. The van der Waals surface area contributed by atoms with E-state index in [2.05, 4.69) is 14.8 Å². The zero-order valence-electron chi connectivity index (χ0n) is 12.1. The second kappa shape index (κ2) is 6.40. The van der Waals surface area contributed by atoms with Crippen molar-refractivity contribution in [2.45, 2.75) is 10.8 Å². The highest BCUT2D eigenvalue weighted by molar-refractivity contribution is 7.91. The molecule has 3 rings (SSSR count). The maximum atomic E-state index is 12.2. The van der Waals surface area contributed by atoms with Gasteiger partial charge >= 0.3 is 0 Å². The number of hydrogen-bond donors (Lipinski definition) is 1. The summed E-state index contributed by atoms with van der Waals surface area (Å²) in [6.07, 6.45) is 6.95. The first kappa shape index (κ1) is 16.1. The number of aryl methyl sites for hydroxylation is 1. The molecule has 9 heteroatoms. The van der Waals surface area contributed by atoms with Crippen LogP contribution in [0.1, 0.15) is 5.56 Å². The van der Waals surface area contributed by atoms with E-state index in [1.54, 1.807) is 29.3 Å². The highest BCUT2D eigenvalue weighted by atomic mass is 35.5. The first-order valence-electron chi connectivity index (χ1n) is 6.62. The number of rotatable bonds is 5. The normalized spacial score (nSPS) is 11.7. The molecule has 3 aromatic rings. The maximum Gasteiger partial charge on any atom is 0.250 e. The molecule has 0 unspecified atom stereocenters. The second-order valence-electron chi connectivity index (χ2n) is 4.87. The molecule has 0 atom stereocenters. The summed E-state index contributed by atoms with van der Waals surface area (Å²) in [7, 11) is -1.74. The highest BCUT2D eigenvalue weighted by Crippen LogP contribution is 2.25. The van der Waals surface area contributed by atoms with E-state index in [-0.39, 0.29) is 10.8 Å². The molecule has 0 aromatic carbocycles. The van der Waals surface area contributed by atoms with Gasteiger partial charge in [0.25, 0.3) is 0 Å². The molecule has 0 aliphatic carbocycles. The molecule has 3 aromatic heterocycles. The van der Waals surface area contributed by atoms with Crippen LogP contribution in [0.15, 0.2) is 47.2 Å². The quantitative estimate of drug-likeness (QED) is 0.751. The lowest BCUT2D eigenvalue weighted by Gasteiger charge is -2.06. The van der Waals surface area contributed by atoms with E-state index in [1.807, 2.05) is 19.3 Å². The molecule has 120 valence electrons. The first-order chi connectivity index (χ1) is 10.9. The Morgan fingerprint density at radius 3 is 2.74 bits per heavy atom. The van der Waals surface area contributed by atoms with Crippen LogP contribution in [-0.4, -0.2) is 23.2 Å². The summed E-state index contributed by atoms with van der Waals surface area (Å²) >= 11 is 6.80. The van der Waals surface area contributed by atoms with Crippen molar-refractivity contribution < 1.29 is 8.42 Å². The van der Waals surface area contributed by atoms with Crippen LogP contribution in [0.5, 0.6) is 0 Å². The van der Waals surface area contributed by atoms with Crippen LogP contribution in [0.25, 0.3) is 11.1 Å². The Hall–Kier alpha value is -1.74. The van der Waals surface area contributed by atoms with Gasteiger partial charge in [-0.05, 0) is 23.8 Å². The third kappa shape index (κ3) is 3.78. The van der Waals surface area contributed by atoms with E-state index >= 15 is 0 Å².